The molecule has 0 aliphatic rings. The van der Waals surface area contributed by atoms with E-state index in [-0.39, 0.29) is 0 Å². The third kappa shape index (κ3) is 11.8. The van der Waals surface area contributed by atoms with E-state index in [0.29, 0.717) is 6.04 Å². The van der Waals surface area contributed by atoms with Crippen LogP contribution in [0.5, 0.6) is 0 Å². The van der Waals surface area contributed by atoms with Crippen molar-refractivity contribution in [2.75, 3.05) is 13.1 Å². The van der Waals surface area contributed by atoms with Crippen LogP contribution in [0.25, 0.3) is 0 Å². The van der Waals surface area contributed by atoms with Crippen molar-refractivity contribution in [2.45, 2.75) is 65.3 Å². The standard InChI is InChI=1S/C13H30N2/c1-4-13(14)11-15-10-8-6-5-7-9-12(2)3/h12-13,15H,4-11,14H2,1-3H3. The minimum absolute atomic E-state index is 0.339. The number of unbranched alkanes of at least 4 members (excludes halogenated alkanes) is 3. The van der Waals surface area contributed by atoms with E-state index >= 15 is 0 Å². The van der Waals surface area contributed by atoms with Gasteiger partial charge in [0.05, 0.1) is 0 Å². The van der Waals surface area contributed by atoms with Crippen LogP contribution in [0.2, 0.25) is 0 Å². The Labute approximate surface area is 96.0 Å². The van der Waals surface area contributed by atoms with E-state index in [1.807, 2.05) is 0 Å². The second-order valence-corrected chi connectivity index (χ2v) is 4.97. The molecule has 0 aromatic carbocycles. The third-order valence-corrected chi connectivity index (χ3v) is 2.82. The van der Waals surface area contributed by atoms with E-state index in [1.54, 1.807) is 0 Å². The minimum Gasteiger partial charge on any atom is -0.327 e. The molecule has 2 nitrogen and oxygen atoms in total. The zero-order chi connectivity index (χ0) is 11.5. The predicted molar refractivity (Wildman–Crippen MR) is 69.1 cm³/mol. The minimum atomic E-state index is 0.339. The highest BCUT2D eigenvalue weighted by Gasteiger charge is 1.97. The number of hydrogen-bond acceptors (Lipinski definition) is 2. The maximum atomic E-state index is 5.81. The van der Waals surface area contributed by atoms with Crippen molar-refractivity contribution in [1.29, 1.82) is 0 Å². The molecule has 2 heteroatoms. The first-order valence-electron chi connectivity index (χ1n) is 6.63. The topological polar surface area (TPSA) is 38.0 Å². The van der Waals surface area contributed by atoms with Crippen LogP contribution >= 0.6 is 0 Å². The molecule has 0 bridgehead atoms. The van der Waals surface area contributed by atoms with E-state index in [0.717, 1.165) is 25.4 Å². The van der Waals surface area contributed by atoms with Crippen LogP contribution < -0.4 is 11.1 Å². The van der Waals surface area contributed by atoms with Gasteiger partial charge >= 0.3 is 0 Å². The molecule has 0 radical (unpaired) electrons. The monoisotopic (exact) mass is 214 g/mol. The molecule has 1 atom stereocenters. The molecule has 0 aliphatic carbocycles. The van der Waals surface area contributed by atoms with Crippen LogP contribution in [-0.4, -0.2) is 19.1 Å². The lowest BCUT2D eigenvalue weighted by Gasteiger charge is -2.10. The van der Waals surface area contributed by atoms with Crippen molar-refractivity contribution >= 4 is 0 Å². The summed E-state index contributed by atoms with van der Waals surface area (Å²) in [5, 5.41) is 3.41. The van der Waals surface area contributed by atoms with E-state index in [2.05, 4.69) is 26.1 Å². The van der Waals surface area contributed by atoms with Gasteiger partial charge < -0.3 is 11.1 Å². The largest absolute Gasteiger partial charge is 0.327 e. The van der Waals surface area contributed by atoms with Gasteiger partial charge in [-0.25, -0.2) is 0 Å². The van der Waals surface area contributed by atoms with Gasteiger partial charge in [0.15, 0.2) is 0 Å². The summed E-state index contributed by atoms with van der Waals surface area (Å²) in [6, 6.07) is 0.339. The molecule has 3 N–H and O–H groups in total. The van der Waals surface area contributed by atoms with Gasteiger partial charge in [-0.1, -0.05) is 46.5 Å². The van der Waals surface area contributed by atoms with Crippen LogP contribution in [0.4, 0.5) is 0 Å². The summed E-state index contributed by atoms with van der Waals surface area (Å²) in [5.74, 6) is 0.866. The molecular weight excluding hydrogens is 184 g/mol. The summed E-state index contributed by atoms with van der Waals surface area (Å²) in [6.45, 7) is 8.84. The van der Waals surface area contributed by atoms with Gasteiger partial charge in [0, 0.05) is 12.6 Å². The van der Waals surface area contributed by atoms with E-state index < -0.39 is 0 Å². The van der Waals surface area contributed by atoms with Crippen molar-refractivity contribution in [3.8, 4) is 0 Å². The molecule has 0 aliphatic heterocycles. The molecule has 0 aromatic heterocycles. The maximum Gasteiger partial charge on any atom is 0.0162 e. The Morgan fingerprint density at radius 1 is 1.07 bits per heavy atom. The van der Waals surface area contributed by atoms with Crippen LogP contribution in [0, 0.1) is 5.92 Å². The highest BCUT2D eigenvalue weighted by atomic mass is 14.9. The molecule has 0 heterocycles. The Bertz CT molecular complexity index is 124. The summed E-state index contributed by atoms with van der Waals surface area (Å²) in [6.07, 6.45) is 7.90. The predicted octanol–water partition coefficient (Wildman–Crippen LogP) is 2.92. The SMILES string of the molecule is CCC(N)CNCCCCCCC(C)C. The molecule has 0 saturated carbocycles. The fourth-order valence-electron chi connectivity index (χ4n) is 1.59. The van der Waals surface area contributed by atoms with Crippen LogP contribution in [0.1, 0.15) is 59.3 Å². The first-order valence-corrected chi connectivity index (χ1v) is 6.63. The van der Waals surface area contributed by atoms with Gasteiger partial charge in [0.1, 0.15) is 0 Å². The van der Waals surface area contributed by atoms with E-state index in [9.17, 15) is 0 Å². The second-order valence-electron chi connectivity index (χ2n) is 4.97. The molecule has 0 aromatic rings. The van der Waals surface area contributed by atoms with Crippen molar-refractivity contribution in [3.05, 3.63) is 0 Å². The Balaban J connectivity index is 2.99. The van der Waals surface area contributed by atoms with Crippen molar-refractivity contribution in [2.24, 2.45) is 11.7 Å². The Morgan fingerprint density at radius 3 is 2.33 bits per heavy atom. The maximum absolute atomic E-state index is 5.81. The lowest BCUT2D eigenvalue weighted by Crippen LogP contribution is -2.33. The van der Waals surface area contributed by atoms with Crippen molar-refractivity contribution in [3.63, 3.8) is 0 Å². The quantitative estimate of drug-likeness (QED) is 0.549. The van der Waals surface area contributed by atoms with Gasteiger partial charge in [0.2, 0.25) is 0 Å². The van der Waals surface area contributed by atoms with Crippen molar-refractivity contribution in [1.82, 2.24) is 5.32 Å². The van der Waals surface area contributed by atoms with Gasteiger partial charge in [0.25, 0.3) is 0 Å². The second kappa shape index (κ2) is 10.4. The lowest BCUT2D eigenvalue weighted by atomic mass is 10.0. The number of nitrogens with two attached hydrogens (primary N) is 1. The molecule has 1 unspecified atom stereocenters. The summed E-state index contributed by atoms with van der Waals surface area (Å²) < 4.78 is 0. The highest BCUT2D eigenvalue weighted by molar-refractivity contribution is 4.61. The van der Waals surface area contributed by atoms with Crippen LogP contribution in [-0.2, 0) is 0 Å². The average molecular weight is 214 g/mol. The molecule has 0 fully saturated rings. The first-order chi connectivity index (χ1) is 7.16. The molecule has 0 spiro atoms. The van der Waals surface area contributed by atoms with Crippen molar-refractivity contribution < 1.29 is 0 Å². The molecular formula is C13H30N2. The molecule has 0 amide bonds. The fraction of sp³-hybridized carbons (Fsp3) is 1.00. The Hall–Kier alpha value is -0.0800. The Kier molecular flexibility index (Phi) is 10.4. The molecule has 0 rings (SSSR count). The van der Waals surface area contributed by atoms with Gasteiger partial charge in [-0.2, -0.15) is 0 Å². The van der Waals surface area contributed by atoms with Gasteiger partial charge in [-0.05, 0) is 25.3 Å². The number of rotatable bonds is 10. The summed E-state index contributed by atoms with van der Waals surface area (Å²) in [5.41, 5.74) is 5.81. The Morgan fingerprint density at radius 2 is 1.73 bits per heavy atom. The summed E-state index contributed by atoms with van der Waals surface area (Å²) >= 11 is 0. The summed E-state index contributed by atoms with van der Waals surface area (Å²) in [4.78, 5) is 0. The first kappa shape index (κ1) is 14.9. The van der Waals surface area contributed by atoms with Crippen LogP contribution in [0.15, 0.2) is 0 Å². The van der Waals surface area contributed by atoms with E-state index in [4.69, 9.17) is 5.73 Å². The zero-order valence-electron chi connectivity index (χ0n) is 10.9. The van der Waals surface area contributed by atoms with Gasteiger partial charge in [-0.3, -0.25) is 0 Å². The smallest absolute Gasteiger partial charge is 0.0162 e. The van der Waals surface area contributed by atoms with E-state index in [1.165, 1.54) is 32.1 Å². The third-order valence-electron chi connectivity index (χ3n) is 2.82. The molecule has 92 valence electrons. The normalized spacial score (nSPS) is 13.4. The fourth-order valence-corrected chi connectivity index (χ4v) is 1.59. The molecule has 0 saturated heterocycles. The number of nitrogens with one attached hydrogen (secondary N) is 1. The van der Waals surface area contributed by atoms with Gasteiger partial charge in [-0.15, -0.1) is 0 Å². The highest BCUT2D eigenvalue weighted by Crippen LogP contribution is 2.08. The average Bonchev–Trinajstić information content (AvgIpc) is 2.21. The molecule has 15 heavy (non-hydrogen) atoms. The lowest BCUT2D eigenvalue weighted by molar-refractivity contribution is 0.503. The zero-order valence-corrected chi connectivity index (χ0v) is 10.9. The van der Waals surface area contributed by atoms with Crippen LogP contribution in [0.3, 0.4) is 0 Å². The summed E-state index contributed by atoms with van der Waals surface area (Å²) in [7, 11) is 0. The number of hydrogen-bond donors (Lipinski definition) is 2.